The molecule has 0 saturated heterocycles. The number of aromatic nitrogens is 1. The Balaban J connectivity index is 1.61. The van der Waals surface area contributed by atoms with E-state index in [1.54, 1.807) is 11.3 Å². The van der Waals surface area contributed by atoms with Gasteiger partial charge in [-0.25, -0.2) is 4.98 Å². The van der Waals surface area contributed by atoms with E-state index in [4.69, 9.17) is 0 Å². The third-order valence-electron chi connectivity index (χ3n) is 3.36. The van der Waals surface area contributed by atoms with Crippen molar-refractivity contribution in [1.82, 2.24) is 15.2 Å². The van der Waals surface area contributed by atoms with Gasteiger partial charge in [0.05, 0.1) is 11.2 Å². The van der Waals surface area contributed by atoms with Gasteiger partial charge in [-0.3, -0.25) is 0 Å². The molecule has 0 amide bonds. The van der Waals surface area contributed by atoms with Gasteiger partial charge in [0.15, 0.2) is 0 Å². The van der Waals surface area contributed by atoms with Crippen LogP contribution in [0.25, 0.3) is 0 Å². The van der Waals surface area contributed by atoms with Gasteiger partial charge in [-0.05, 0) is 39.0 Å². The van der Waals surface area contributed by atoms with Gasteiger partial charge in [0, 0.05) is 18.0 Å². The van der Waals surface area contributed by atoms with Crippen LogP contribution in [-0.4, -0.2) is 30.0 Å². The van der Waals surface area contributed by atoms with Crippen LogP contribution in [-0.2, 0) is 6.54 Å². The van der Waals surface area contributed by atoms with Crippen molar-refractivity contribution in [1.29, 1.82) is 0 Å². The number of thiazole rings is 1. The summed E-state index contributed by atoms with van der Waals surface area (Å²) in [5.74, 6) is 0. The average molecular weight is 289 g/mol. The zero-order valence-electron chi connectivity index (χ0n) is 12.2. The molecule has 3 nitrogen and oxygen atoms in total. The van der Waals surface area contributed by atoms with E-state index < -0.39 is 0 Å². The molecule has 1 heterocycles. The summed E-state index contributed by atoms with van der Waals surface area (Å²) in [7, 11) is 2.18. The summed E-state index contributed by atoms with van der Waals surface area (Å²) in [5, 5.41) is 5.63. The van der Waals surface area contributed by atoms with Gasteiger partial charge in [-0.2, -0.15) is 0 Å². The lowest BCUT2D eigenvalue weighted by Crippen LogP contribution is -2.25. The fourth-order valence-corrected chi connectivity index (χ4v) is 2.83. The van der Waals surface area contributed by atoms with Gasteiger partial charge in [-0.15, -0.1) is 11.3 Å². The maximum absolute atomic E-state index is 4.33. The highest BCUT2D eigenvalue weighted by Crippen LogP contribution is 2.11. The Bertz CT molecular complexity index is 470. The molecule has 2 rings (SSSR count). The minimum absolute atomic E-state index is 0.348. The Labute approximate surface area is 125 Å². The number of rotatable bonds is 8. The number of nitrogens with one attached hydrogen (secondary N) is 1. The summed E-state index contributed by atoms with van der Waals surface area (Å²) in [5.41, 5.74) is 4.41. The molecular formula is C16H23N3S. The molecule has 0 bridgehead atoms. The topological polar surface area (TPSA) is 28.2 Å². The Hall–Kier alpha value is -1.23. The molecule has 1 N–H and O–H groups in total. The second kappa shape index (κ2) is 8.15. The largest absolute Gasteiger partial charge is 0.309 e. The molecule has 0 saturated carbocycles. The van der Waals surface area contributed by atoms with Gasteiger partial charge >= 0.3 is 0 Å². The van der Waals surface area contributed by atoms with E-state index in [1.807, 2.05) is 5.51 Å². The fourth-order valence-electron chi connectivity index (χ4n) is 2.18. The average Bonchev–Trinajstić information content (AvgIpc) is 2.99. The quantitative estimate of drug-likeness (QED) is 0.756. The zero-order chi connectivity index (χ0) is 14.2. The smallest absolute Gasteiger partial charge is 0.0795 e. The van der Waals surface area contributed by atoms with Crippen LogP contribution in [0.15, 0.2) is 41.2 Å². The SMILES string of the molecule is CC(NCCCN(C)Cc1ccccc1)c1cscn1. The Morgan fingerprint density at radius 2 is 2.10 bits per heavy atom. The second-order valence-electron chi connectivity index (χ2n) is 5.17. The third-order valence-corrected chi connectivity index (χ3v) is 3.96. The molecule has 0 spiro atoms. The van der Waals surface area contributed by atoms with Gasteiger partial charge < -0.3 is 10.2 Å². The van der Waals surface area contributed by atoms with Gasteiger partial charge in [0.2, 0.25) is 0 Å². The Kier molecular flexibility index (Phi) is 6.18. The molecule has 20 heavy (non-hydrogen) atoms. The summed E-state index contributed by atoms with van der Waals surface area (Å²) < 4.78 is 0. The highest BCUT2D eigenvalue weighted by atomic mass is 32.1. The summed E-state index contributed by atoms with van der Waals surface area (Å²) in [6.07, 6.45) is 1.15. The van der Waals surface area contributed by atoms with Crippen molar-refractivity contribution in [3.8, 4) is 0 Å². The van der Waals surface area contributed by atoms with Crippen LogP contribution in [0, 0.1) is 0 Å². The summed E-state index contributed by atoms with van der Waals surface area (Å²) in [6.45, 7) is 5.31. The van der Waals surface area contributed by atoms with Crippen LogP contribution in [0.3, 0.4) is 0 Å². The predicted molar refractivity (Wildman–Crippen MR) is 85.9 cm³/mol. The first kappa shape index (κ1) is 15.2. The number of hydrogen-bond donors (Lipinski definition) is 1. The predicted octanol–water partition coefficient (Wildman–Crippen LogP) is 3.32. The van der Waals surface area contributed by atoms with Crippen LogP contribution >= 0.6 is 11.3 Å². The van der Waals surface area contributed by atoms with Crippen molar-refractivity contribution < 1.29 is 0 Å². The molecule has 0 aliphatic heterocycles. The molecule has 1 aromatic carbocycles. The van der Waals surface area contributed by atoms with Crippen molar-refractivity contribution in [2.24, 2.45) is 0 Å². The van der Waals surface area contributed by atoms with E-state index in [2.05, 4.69) is 64.9 Å². The molecule has 1 atom stereocenters. The summed E-state index contributed by atoms with van der Waals surface area (Å²) in [4.78, 5) is 6.70. The third kappa shape index (κ3) is 5.04. The Morgan fingerprint density at radius 1 is 1.30 bits per heavy atom. The van der Waals surface area contributed by atoms with Crippen LogP contribution in [0.5, 0.6) is 0 Å². The fraction of sp³-hybridized carbons (Fsp3) is 0.438. The Morgan fingerprint density at radius 3 is 2.80 bits per heavy atom. The lowest BCUT2D eigenvalue weighted by Gasteiger charge is -2.17. The van der Waals surface area contributed by atoms with E-state index >= 15 is 0 Å². The molecular weight excluding hydrogens is 266 g/mol. The van der Waals surface area contributed by atoms with Crippen molar-refractivity contribution in [2.45, 2.75) is 25.9 Å². The molecule has 4 heteroatoms. The molecule has 1 aromatic heterocycles. The molecule has 0 fully saturated rings. The second-order valence-corrected chi connectivity index (χ2v) is 5.88. The highest BCUT2D eigenvalue weighted by molar-refractivity contribution is 7.07. The molecule has 108 valence electrons. The van der Waals surface area contributed by atoms with E-state index in [0.717, 1.165) is 31.7 Å². The number of nitrogens with zero attached hydrogens (tertiary/aromatic N) is 2. The first-order valence-corrected chi connectivity index (χ1v) is 8.04. The maximum atomic E-state index is 4.33. The van der Waals surface area contributed by atoms with E-state index in [9.17, 15) is 0 Å². The summed E-state index contributed by atoms with van der Waals surface area (Å²) >= 11 is 1.65. The lowest BCUT2D eigenvalue weighted by molar-refractivity contribution is 0.317. The van der Waals surface area contributed by atoms with E-state index in [1.165, 1.54) is 5.56 Å². The van der Waals surface area contributed by atoms with Crippen molar-refractivity contribution in [3.63, 3.8) is 0 Å². The highest BCUT2D eigenvalue weighted by Gasteiger charge is 2.06. The minimum atomic E-state index is 0.348. The number of benzene rings is 1. The molecule has 1 unspecified atom stereocenters. The molecule has 2 aromatic rings. The monoisotopic (exact) mass is 289 g/mol. The first-order valence-electron chi connectivity index (χ1n) is 7.09. The van der Waals surface area contributed by atoms with Crippen LogP contribution in [0.2, 0.25) is 0 Å². The standard InChI is InChI=1S/C16H23N3S/c1-14(16-12-20-13-18-16)17-9-6-10-19(2)11-15-7-4-3-5-8-15/h3-5,7-8,12-14,17H,6,9-11H2,1-2H3. The normalized spacial score (nSPS) is 12.8. The zero-order valence-corrected chi connectivity index (χ0v) is 13.1. The van der Waals surface area contributed by atoms with Crippen molar-refractivity contribution >= 4 is 11.3 Å². The van der Waals surface area contributed by atoms with Gasteiger partial charge in [0.1, 0.15) is 0 Å². The van der Waals surface area contributed by atoms with Gasteiger partial charge in [0.25, 0.3) is 0 Å². The molecule has 0 aliphatic carbocycles. The van der Waals surface area contributed by atoms with Crippen LogP contribution in [0.4, 0.5) is 0 Å². The lowest BCUT2D eigenvalue weighted by atomic mass is 10.2. The first-order chi connectivity index (χ1) is 9.75. The maximum Gasteiger partial charge on any atom is 0.0795 e. The van der Waals surface area contributed by atoms with E-state index in [0.29, 0.717) is 6.04 Å². The molecule has 0 radical (unpaired) electrons. The minimum Gasteiger partial charge on any atom is -0.309 e. The number of hydrogen-bond acceptors (Lipinski definition) is 4. The van der Waals surface area contributed by atoms with Crippen LogP contribution < -0.4 is 5.32 Å². The van der Waals surface area contributed by atoms with Crippen molar-refractivity contribution in [2.75, 3.05) is 20.1 Å². The van der Waals surface area contributed by atoms with Gasteiger partial charge in [-0.1, -0.05) is 30.3 Å². The summed E-state index contributed by atoms with van der Waals surface area (Å²) in [6, 6.07) is 11.0. The van der Waals surface area contributed by atoms with E-state index in [-0.39, 0.29) is 0 Å². The molecule has 0 aliphatic rings. The van der Waals surface area contributed by atoms with Crippen LogP contribution in [0.1, 0.15) is 30.6 Å². The van der Waals surface area contributed by atoms with Crippen molar-refractivity contribution in [3.05, 3.63) is 52.5 Å².